The van der Waals surface area contributed by atoms with E-state index in [1.165, 1.54) is 6.07 Å². The molecule has 1 amide bonds. The number of rotatable bonds is 3. The highest BCUT2D eigenvalue weighted by molar-refractivity contribution is 6.00. The van der Waals surface area contributed by atoms with Crippen molar-refractivity contribution >= 4 is 23.0 Å². The molecule has 0 aliphatic heterocycles. The third kappa shape index (κ3) is 3.03. The van der Waals surface area contributed by atoms with Gasteiger partial charge in [-0.05, 0) is 19.1 Å². The summed E-state index contributed by atoms with van der Waals surface area (Å²) >= 11 is 0. The number of amides is 1. The summed E-state index contributed by atoms with van der Waals surface area (Å²) in [5, 5.41) is 4.99. The molecule has 1 aromatic carbocycles. The number of hydrogen-bond donors (Lipinski definition) is 2. The first-order chi connectivity index (χ1) is 11.0. The van der Waals surface area contributed by atoms with Crippen LogP contribution in [0.25, 0.3) is 10.9 Å². The lowest BCUT2D eigenvalue weighted by Crippen LogP contribution is -2.24. The summed E-state index contributed by atoms with van der Waals surface area (Å²) in [6.07, 6.45) is 3.50. The van der Waals surface area contributed by atoms with Crippen LogP contribution in [0, 0.1) is 6.92 Å². The van der Waals surface area contributed by atoms with E-state index in [1.807, 2.05) is 42.1 Å². The van der Waals surface area contributed by atoms with Gasteiger partial charge in [-0.15, -0.1) is 0 Å². The van der Waals surface area contributed by atoms with E-state index < -0.39 is 11.6 Å². The number of H-pyrrole nitrogens is 1. The van der Waals surface area contributed by atoms with Crippen LogP contribution in [0.1, 0.15) is 21.7 Å². The van der Waals surface area contributed by atoms with Gasteiger partial charge in [-0.1, -0.05) is 18.2 Å². The molecule has 7 nitrogen and oxygen atoms in total. The fourth-order valence-electron chi connectivity index (χ4n) is 2.39. The van der Waals surface area contributed by atoms with Crippen LogP contribution in [-0.4, -0.2) is 26.7 Å². The molecule has 7 heteroatoms. The summed E-state index contributed by atoms with van der Waals surface area (Å²) in [5.41, 5.74) is 4.38. The largest absolute Gasteiger partial charge is 0.350 e. The smallest absolute Gasteiger partial charge is 0.345 e. The van der Waals surface area contributed by atoms with Crippen molar-refractivity contribution in [2.24, 2.45) is 12.1 Å². The summed E-state index contributed by atoms with van der Waals surface area (Å²) in [7, 11) is 1.95. The van der Waals surface area contributed by atoms with E-state index in [1.54, 1.807) is 13.1 Å². The van der Waals surface area contributed by atoms with Crippen molar-refractivity contribution in [3.05, 3.63) is 64.0 Å². The summed E-state index contributed by atoms with van der Waals surface area (Å²) in [4.78, 5) is 29.3. The second kappa shape index (κ2) is 5.88. The summed E-state index contributed by atoms with van der Waals surface area (Å²) in [6.45, 7) is 1.68. The van der Waals surface area contributed by atoms with E-state index in [-0.39, 0.29) is 5.69 Å². The molecule has 0 spiro atoms. The number of aromatic nitrogens is 3. The molecule has 2 N–H and O–H groups in total. The Bertz CT molecular complexity index is 968. The van der Waals surface area contributed by atoms with Crippen LogP contribution in [0.5, 0.6) is 0 Å². The molecular formula is C16H15N5O2. The molecule has 0 saturated heterocycles. The second-order valence-corrected chi connectivity index (χ2v) is 5.17. The summed E-state index contributed by atoms with van der Waals surface area (Å²) in [6, 6.07) is 9.39. The maximum absolute atomic E-state index is 12.0. The van der Waals surface area contributed by atoms with Gasteiger partial charge in [0.05, 0.1) is 6.21 Å². The predicted molar refractivity (Wildman–Crippen MR) is 87.6 cm³/mol. The topological polar surface area (TPSA) is 92.1 Å². The number of fused-ring (bicyclic) bond motifs is 1. The molecule has 3 aromatic rings. The number of nitrogens with zero attached hydrogens (tertiary/aromatic N) is 3. The van der Waals surface area contributed by atoms with Gasteiger partial charge in [-0.2, -0.15) is 10.1 Å². The number of para-hydroxylation sites is 1. The minimum absolute atomic E-state index is 0.0290. The Hall–Kier alpha value is -3.22. The predicted octanol–water partition coefficient (Wildman–Crippen LogP) is 1.33. The van der Waals surface area contributed by atoms with E-state index in [4.69, 9.17) is 0 Å². The molecule has 23 heavy (non-hydrogen) atoms. The number of benzene rings is 1. The summed E-state index contributed by atoms with van der Waals surface area (Å²) < 4.78 is 1.99. The van der Waals surface area contributed by atoms with Crippen molar-refractivity contribution in [2.75, 3.05) is 0 Å². The van der Waals surface area contributed by atoms with Gasteiger partial charge in [-0.3, -0.25) is 4.79 Å². The Morgan fingerprint density at radius 3 is 2.96 bits per heavy atom. The van der Waals surface area contributed by atoms with E-state index >= 15 is 0 Å². The highest BCUT2D eigenvalue weighted by atomic mass is 16.2. The maximum atomic E-state index is 12.0. The second-order valence-electron chi connectivity index (χ2n) is 5.17. The van der Waals surface area contributed by atoms with Gasteiger partial charge >= 0.3 is 5.69 Å². The van der Waals surface area contributed by atoms with Crippen LogP contribution in [0.4, 0.5) is 0 Å². The fourth-order valence-corrected chi connectivity index (χ4v) is 2.39. The third-order valence-corrected chi connectivity index (χ3v) is 3.41. The van der Waals surface area contributed by atoms with Crippen molar-refractivity contribution in [1.82, 2.24) is 20.0 Å². The lowest BCUT2D eigenvalue weighted by atomic mass is 10.2. The van der Waals surface area contributed by atoms with Crippen molar-refractivity contribution in [2.45, 2.75) is 6.92 Å². The number of hydrazone groups is 1. The molecule has 0 bridgehead atoms. The quantitative estimate of drug-likeness (QED) is 0.565. The molecule has 2 heterocycles. The third-order valence-electron chi connectivity index (χ3n) is 3.41. The molecule has 0 saturated carbocycles. The van der Waals surface area contributed by atoms with Crippen LogP contribution < -0.4 is 11.1 Å². The van der Waals surface area contributed by atoms with E-state index in [0.29, 0.717) is 5.69 Å². The molecule has 0 aliphatic rings. The monoisotopic (exact) mass is 309 g/mol. The molecule has 0 aliphatic carbocycles. The zero-order chi connectivity index (χ0) is 16.4. The Morgan fingerprint density at radius 2 is 2.17 bits per heavy atom. The number of nitrogens with one attached hydrogen (secondary N) is 2. The van der Waals surface area contributed by atoms with Crippen LogP contribution in [-0.2, 0) is 7.05 Å². The standard InChI is InChI=1S/C16H15N5O2/c1-10-7-13(19-16(23)18-10)15(22)20-17-8-11-9-21(2)14-6-4-3-5-12(11)14/h3-9H,1-2H3,(H,20,22)(H,18,19,23)/b17-8+. The molecular weight excluding hydrogens is 294 g/mol. The highest BCUT2D eigenvalue weighted by Gasteiger charge is 2.08. The number of carbonyl (C=O) groups excluding carboxylic acids is 1. The van der Waals surface area contributed by atoms with E-state index in [0.717, 1.165) is 16.5 Å². The average molecular weight is 309 g/mol. The molecule has 3 rings (SSSR count). The molecule has 0 unspecified atom stereocenters. The lowest BCUT2D eigenvalue weighted by molar-refractivity contribution is 0.0949. The lowest BCUT2D eigenvalue weighted by Gasteiger charge is -1.99. The SMILES string of the molecule is Cc1cc(C(=O)N/N=C/c2cn(C)c3ccccc23)nc(=O)[nH]1. The maximum Gasteiger partial charge on any atom is 0.345 e. The fraction of sp³-hybridized carbons (Fsp3) is 0.125. The first-order valence-corrected chi connectivity index (χ1v) is 7.00. The molecule has 0 atom stereocenters. The van der Waals surface area contributed by atoms with Crippen LogP contribution in [0.15, 0.2) is 46.4 Å². The van der Waals surface area contributed by atoms with Gasteiger partial charge in [0.25, 0.3) is 5.91 Å². The Morgan fingerprint density at radius 1 is 1.39 bits per heavy atom. The molecule has 0 fully saturated rings. The highest BCUT2D eigenvalue weighted by Crippen LogP contribution is 2.18. The Labute approximate surface area is 131 Å². The van der Waals surface area contributed by atoms with Gasteiger partial charge in [0.2, 0.25) is 0 Å². The van der Waals surface area contributed by atoms with Crippen LogP contribution in [0.2, 0.25) is 0 Å². The van der Waals surface area contributed by atoms with Crippen LogP contribution >= 0.6 is 0 Å². The van der Waals surface area contributed by atoms with E-state index in [9.17, 15) is 9.59 Å². The summed E-state index contributed by atoms with van der Waals surface area (Å²) in [5.74, 6) is -0.532. The number of aryl methyl sites for hydroxylation is 2. The van der Waals surface area contributed by atoms with E-state index in [2.05, 4.69) is 20.5 Å². The molecule has 116 valence electrons. The Kier molecular flexibility index (Phi) is 3.76. The first kappa shape index (κ1) is 14.7. The number of aromatic amines is 1. The van der Waals surface area contributed by atoms with Gasteiger partial charge < -0.3 is 9.55 Å². The molecule has 2 aromatic heterocycles. The van der Waals surface area contributed by atoms with Gasteiger partial charge in [0, 0.05) is 35.4 Å². The Balaban J connectivity index is 1.80. The van der Waals surface area contributed by atoms with Crippen molar-refractivity contribution in [1.29, 1.82) is 0 Å². The first-order valence-electron chi connectivity index (χ1n) is 7.00. The van der Waals surface area contributed by atoms with Gasteiger partial charge in [-0.25, -0.2) is 10.2 Å². The van der Waals surface area contributed by atoms with Crippen molar-refractivity contribution in [3.8, 4) is 0 Å². The van der Waals surface area contributed by atoms with Crippen molar-refractivity contribution < 1.29 is 4.79 Å². The molecule has 0 radical (unpaired) electrons. The minimum Gasteiger partial charge on any atom is -0.350 e. The minimum atomic E-state index is -0.562. The van der Waals surface area contributed by atoms with Crippen LogP contribution in [0.3, 0.4) is 0 Å². The zero-order valence-corrected chi connectivity index (χ0v) is 12.7. The van der Waals surface area contributed by atoms with Crippen molar-refractivity contribution in [3.63, 3.8) is 0 Å². The zero-order valence-electron chi connectivity index (χ0n) is 12.7. The van der Waals surface area contributed by atoms with Gasteiger partial charge in [0.15, 0.2) is 0 Å². The average Bonchev–Trinajstić information content (AvgIpc) is 2.83. The number of hydrogen-bond acceptors (Lipinski definition) is 4. The number of carbonyl (C=O) groups is 1. The van der Waals surface area contributed by atoms with Gasteiger partial charge in [0.1, 0.15) is 5.69 Å². The normalized spacial score (nSPS) is 11.2.